The average molecular weight is 356 g/mol. The van der Waals surface area contributed by atoms with E-state index in [2.05, 4.69) is 10.6 Å². The van der Waals surface area contributed by atoms with Crippen LogP contribution < -0.4 is 10.6 Å². The van der Waals surface area contributed by atoms with Gasteiger partial charge in [0.25, 0.3) is 5.91 Å². The van der Waals surface area contributed by atoms with E-state index in [9.17, 15) is 9.59 Å². The van der Waals surface area contributed by atoms with Crippen LogP contribution in [0.2, 0.25) is 0 Å². The molecule has 0 heterocycles. The fourth-order valence-electron chi connectivity index (χ4n) is 2.23. The number of carbonyl (C=O) groups excluding carboxylic acids is 2. The molecule has 0 saturated heterocycles. The van der Waals surface area contributed by atoms with Gasteiger partial charge >= 0.3 is 0 Å². The molecule has 132 valence electrons. The Morgan fingerprint density at radius 2 is 1.72 bits per heavy atom. The lowest BCUT2D eigenvalue weighted by Gasteiger charge is -2.14. The molecule has 2 amide bonds. The average Bonchev–Trinajstić information content (AvgIpc) is 2.65. The SMILES string of the molecule is CCCNC(=O)c1ccccc1NC(=O)[C@H](C)SCc1ccccc1. The summed E-state index contributed by atoms with van der Waals surface area (Å²) < 4.78 is 0. The van der Waals surface area contributed by atoms with Crippen LogP contribution >= 0.6 is 11.8 Å². The van der Waals surface area contributed by atoms with Gasteiger partial charge in [0.05, 0.1) is 16.5 Å². The summed E-state index contributed by atoms with van der Waals surface area (Å²) in [5.41, 5.74) is 2.23. The molecule has 0 aliphatic rings. The number of thioether (sulfide) groups is 1. The predicted octanol–water partition coefficient (Wildman–Crippen LogP) is 4.09. The van der Waals surface area contributed by atoms with E-state index in [0.717, 1.165) is 12.2 Å². The van der Waals surface area contributed by atoms with Gasteiger partial charge in [0, 0.05) is 12.3 Å². The monoisotopic (exact) mass is 356 g/mol. The Kier molecular flexibility index (Phi) is 7.54. The molecule has 0 aliphatic carbocycles. The first-order valence-corrected chi connectivity index (χ1v) is 9.50. The van der Waals surface area contributed by atoms with Crippen LogP contribution in [0.3, 0.4) is 0 Å². The van der Waals surface area contributed by atoms with Crippen molar-refractivity contribution in [1.82, 2.24) is 5.32 Å². The Balaban J connectivity index is 1.96. The second-order valence-electron chi connectivity index (χ2n) is 5.73. The fraction of sp³-hybridized carbons (Fsp3) is 0.300. The van der Waals surface area contributed by atoms with Crippen LogP contribution in [-0.2, 0) is 10.5 Å². The number of nitrogens with one attached hydrogen (secondary N) is 2. The van der Waals surface area contributed by atoms with Gasteiger partial charge in [-0.3, -0.25) is 9.59 Å². The molecule has 2 N–H and O–H groups in total. The van der Waals surface area contributed by atoms with Gasteiger partial charge in [-0.2, -0.15) is 0 Å². The number of benzene rings is 2. The maximum absolute atomic E-state index is 12.5. The van der Waals surface area contributed by atoms with E-state index in [-0.39, 0.29) is 17.1 Å². The Labute approximate surface area is 153 Å². The Morgan fingerprint density at radius 3 is 2.44 bits per heavy atom. The number of carbonyl (C=O) groups is 2. The summed E-state index contributed by atoms with van der Waals surface area (Å²) in [4.78, 5) is 24.7. The predicted molar refractivity (Wildman–Crippen MR) is 105 cm³/mol. The van der Waals surface area contributed by atoms with E-state index >= 15 is 0 Å². The first kappa shape index (κ1) is 19.1. The van der Waals surface area contributed by atoms with Crippen LogP contribution in [0.4, 0.5) is 5.69 Å². The van der Waals surface area contributed by atoms with E-state index in [1.54, 1.807) is 30.0 Å². The molecular weight excluding hydrogens is 332 g/mol. The van der Waals surface area contributed by atoms with Crippen molar-refractivity contribution in [1.29, 1.82) is 0 Å². The largest absolute Gasteiger partial charge is 0.352 e. The van der Waals surface area contributed by atoms with Crippen molar-refractivity contribution in [2.24, 2.45) is 0 Å². The molecule has 25 heavy (non-hydrogen) atoms. The maximum Gasteiger partial charge on any atom is 0.253 e. The van der Waals surface area contributed by atoms with E-state index in [0.29, 0.717) is 17.8 Å². The summed E-state index contributed by atoms with van der Waals surface area (Å²) in [6.45, 7) is 4.49. The smallest absolute Gasteiger partial charge is 0.253 e. The van der Waals surface area contributed by atoms with Crippen molar-refractivity contribution in [3.63, 3.8) is 0 Å². The van der Waals surface area contributed by atoms with Crippen molar-refractivity contribution in [3.8, 4) is 0 Å². The molecule has 0 aromatic heterocycles. The van der Waals surface area contributed by atoms with Gasteiger partial charge in [-0.1, -0.05) is 49.4 Å². The molecular formula is C20H24N2O2S. The molecule has 2 aromatic rings. The summed E-state index contributed by atoms with van der Waals surface area (Å²) in [5.74, 6) is 0.507. The second kappa shape index (κ2) is 9.89. The van der Waals surface area contributed by atoms with Crippen molar-refractivity contribution in [2.45, 2.75) is 31.3 Å². The number of anilines is 1. The zero-order valence-corrected chi connectivity index (χ0v) is 15.4. The van der Waals surface area contributed by atoms with Crippen molar-refractivity contribution in [2.75, 3.05) is 11.9 Å². The Hall–Kier alpha value is -2.27. The first-order chi connectivity index (χ1) is 12.1. The Morgan fingerprint density at radius 1 is 1.04 bits per heavy atom. The van der Waals surface area contributed by atoms with Gasteiger partial charge in [-0.25, -0.2) is 0 Å². The van der Waals surface area contributed by atoms with E-state index in [1.165, 1.54) is 5.56 Å². The third-order valence-electron chi connectivity index (χ3n) is 3.68. The lowest BCUT2D eigenvalue weighted by Crippen LogP contribution is -2.27. The summed E-state index contributed by atoms with van der Waals surface area (Å²) >= 11 is 1.57. The van der Waals surface area contributed by atoms with Crippen LogP contribution in [-0.4, -0.2) is 23.6 Å². The van der Waals surface area contributed by atoms with E-state index < -0.39 is 0 Å². The van der Waals surface area contributed by atoms with Crippen LogP contribution in [0.15, 0.2) is 54.6 Å². The number of amides is 2. The fourth-order valence-corrected chi connectivity index (χ4v) is 3.07. The standard InChI is InChI=1S/C20H24N2O2S/c1-3-13-21-20(24)17-11-7-8-12-18(17)22-19(23)15(2)25-14-16-9-5-4-6-10-16/h4-12,15H,3,13-14H2,1-2H3,(H,21,24)(H,22,23)/t15-/m0/s1. The maximum atomic E-state index is 12.5. The van der Waals surface area contributed by atoms with Gasteiger partial charge in [-0.05, 0) is 31.0 Å². The van der Waals surface area contributed by atoms with Crippen molar-refractivity contribution in [3.05, 3.63) is 65.7 Å². The molecule has 2 aromatic carbocycles. The van der Waals surface area contributed by atoms with Crippen LogP contribution in [0, 0.1) is 0 Å². The highest BCUT2D eigenvalue weighted by molar-refractivity contribution is 7.99. The molecule has 2 rings (SSSR count). The second-order valence-corrected chi connectivity index (χ2v) is 7.06. The zero-order valence-electron chi connectivity index (χ0n) is 14.6. The van der Waals surface area contributed by atoms with Crippen LogP contribution in [0.25, 0.3) is 0 Å². The molecule has 0 fully saturated rings. The number of hydrogen-bond donors (Lipinski definition) is 2. The molecule has 0 bridgehead atoms. The van der Waals surface area contributed by atoms with Gasteiger partial charge in [0.15, 0.2) is 0 Å². The van der Waals surface area contributed by atoms with E-state index in [1.807, 2.05) is 50.2 Å². The van der Waals surface area contributed by atoms with Gasteiger partial charge < -0.3 is 10.6 Å². The molecule has 5 heteroatoms. The quantitative estimate of drug-likeness (QED) is 0.749. The van der Waals surface area contributed by atoms with Crippen LogP contribution in [0.5, 0.6) is 0 Å². The highest BCUT2D eigenvalue weighted by atomic mass is 32.2. The number of para-hydroxylation sites is 1. The van der Waals surface area contributed by atoms with Gasteiger partial charge in [0.2, 0.25) is 5.91 Å². The summed E-state index contributed by atoms with van der Waals surface area (Å²) in [6.07, 6.45) is 0.868. The number of rotatable bonds is 8. The Bertz CT molecular complexity index is 704. The first-order valence-electron chi connectivity index (χ1n) is 8.45. The molecule has 0 aliphatic heterocycles. The molecule has 0 spiro atoms. The summed E-state index contributed by atoms with van der Waals surface area (Å²) in [6, 6.07) is 17.1. The topological polar surface area (TPSA) is 58.2 Å². The minimum Gasteiger partial charge on any atom is -0.352 e. The van der Waals surface area contributed by atoms with Gasteiger partial charge in [-0.15, -0.1) is 11.8 Å². The molecule has 0 saturated carbocycles. The zero-order chi connectivity index (χ0) is 18.1. The number of hydrogen-bond acceptors (Lipinski definition) is 3. The van der Waals surface area contributed by atoms with Crippen molar-refractivity contribution < 1.29 is 9.59 Å². The lowest BCUT2D eigenvalue weighted by molar-refractivity contribution is -0.115. The van der Waals surface area contributed by atoms with Crippen LogP contribution in [0.1, 0.15) is 36.2 Å². The third kappa shape index (κ3) is 5.94. The summed E-state index contributed by atoms with van der Waals surface area (Å²) in [7, 11) is 0. The van der Waals surface area contributed by atoms with E-state index in [4.69, 9.17) is 0 Å². The molecule has 0 radical (unpaired) electrons. The lowest BCUT2D eigenvalue weighted by atomic mass is 10.1. The minimum atomic E-state index is -0.216. The summed E-state index contributed by atoms with van der Waals surface area (Å²) in [5, 5.41) is 5.51. The molecule has 0 unspecified atom stereocenters. The van der Waals surface area contributed by atoms with Gasteiger partial charge in [0.1, 0.15) is 0 Å². The normalized spacial score (nSPS) is 11.6. The highest BCUT2D eigenvalue weighted by Crippen LogP contribution is 2.21. The molecule has 1 atom stereocenters. The highest BCUT2D eigenvalue weighted by Gasteiger charge is 2.17. The molecule has 4 nitrogen and oxygen atoms in total. The minimum absolute atomic E-state index is 0.100. The van der Waals surface area contributed by atoms with Crippen molar-refractivity contribution >= 4 is 29.3 Å². The third-order valence-corrected chi connectivity index (χ3v) is 4.89.